The third-order valence-electron chi connectivity index (χ3n) is 1.00. The van der Waals surface area contributed by atoms with Crippen LogP contribution in [0, 0.1) is 0 Å². The van der Waals surface area contributed by atoms with Gasteiger partial charge in [-0.3, -0.25) is 0 Å². The van der Waals surface area contributed by atoms with Crippen LogP contribution in [0.15, 0.2) is 24.3 Å². The van der Waals surface area contributed by atoms with Gasteiger partial charge >= 0.3 is 8.69 Å². The first-order valence-corrected chi connectivity index (χ1v) is 3.35. The molecule has 0 heterocycles. The summed E-state index contributed by atoms with van der Waals surface area (Å²) < 4.78 is 14.4. The third kappa shape index (κ3) is 1.45. The van der Waals surface area contributed by atoms with E-state index in [1.807, 2.05) is 0 Å². The van der Waals surface area contributed by atoms with Crippen LogP contribution in [0.3, 0.4) is 0 Å². The summed E-state index contributed by atoms with van der Waals surface area (Å²) >= 11 is 0. The average Bonchev–Trinajstić information content (AvgIpc) is 1.94. The van der Waals surface area contributed by atoms with E-state index in [1.165, 1.54) is 12.1 Å². The van der Waals surface area contributed by atoms with Gasteiger partial charge in [0, 0.05) is 0 Å². The Labute approximate surface area is 59.5 Å². The highest BCUT2D eigenvalue weighted by atomic mass is 31.1. The first-order chi connectivity index (χ1) is 4.84. The molecule has 0 unspecified atom stereocenters. The van der Waals surface area contributed by atoms with Crippen molar-refractivity contribution < 1.29 is 14.2 Å². The van der Waals surface area contributed by atoms with E-state index >= 15 is 0 Å². The summed E-state index contributed by atoms with van der Waals surface area (Å²) in [4.78, 5) is 0. The number of phenols is 1. The van der Waals surface area contributed by atoms with Crippen molar-refractivity contribution in [3.05, 3.63) is 24.3 Å². The summed E-state index contributed by atoms with van der Waals surface area (Å²) in [6.45, 7) is 0. The summed E-state index contributed by atoms with van der Waals surface area (Å²) in [5.74, 6) is 0.213. The first-order valence-electron chi connectivity index (χ1n) is 2.62. The van der Waals surface area contributed by atoms with E-state index in [0.29, 0.717) is 0 Å². The summed E-state index contributed by atoms with van der Waals surface area (Å²) in [7, 11) is -0.460. The Kier molecular flexibility index (Phi) is 2.24. The Bertz CT molecular complexity index is 236. The van der Waals surface area contributed by atoms with Crippen molar-refractivity contribution in [1.29, 1.82) is 0 Å². The molecule has 0 fully saturated rings. The van der Waals surface area contributed by atoms with Crippen molar-refractivity contribution >= 4 is 8.69 Å². The van der Waals surface area contributed by atoms with Gasteiger partial charge in [0.05, 0.1) is 0 Å². The highest BCUT2D eigenvalue weighted by Gasteiger charge is 1.97. The fraction of sp³-hybridized carbons (Fsp3) is 0. The summed E-state index contributed by atoms with van der Waals surface area (Å²) in [6, 6.07) is 6.32. The van der Waals surface area contributed by atoms with Gasteiger partial charge in [-0.15, -0.1) is 0 Å². The molecule has 1 N–H and O–H groups in total. The van der Waals surface area contributed by atoms with E-state index in [0.717, 1.165) is 0 Å². The molecule has 0 aromatic heterocycles. The number of rotatable bonds is 2. The lowest BCUT2D eigenvalue weighted by Crippen LogP contribution is -1.74. The molecule has 0 saturated heterocycles. The van der Waals surface area contributed by atoms with Gasteiger partial charge in [0.1, 0.15) is 0 Å². The molecule has 0 radical (unpaired) electrons. The summed E-state index contributed by atoms with van der Waals surface area (Å²) in [5.41, 5.74) is 0. The zero-order chi connectivity index (χ0) is 7.40. The maximum Gasteiger partial charge on any atom is 0.395 e. The van der Waals surface area contributed by atoms with Crippen LogP contribution in [0.2, 0.25) is 0 Å². The van der Waals surface area contributed by atoms with E-state index < -0.39 is 8.69 Å². The van der Waals surface area contributed by atoms with Gasteiger partial charge < -0.3 is 9.63 Å². The fourth-order valence-electron chi connectivity index (χ4n) is 0.575. The predicted octanol–water partition coefficient (Wildman–Crippen LogP) is 1.98. The van der Waals surface area contributed by atoms with Crippen LogP contribution >= 0.6 is 8.69 Å². The van der Waals surface area contributed by atoms with Gasteiger partial charge in [0.25, 0.3) is 0 Å². The second-order valence-electron chi connectivity index (χ2n) is 1.63. The molecule has 0 aliphatic rings. The van der Waals surface area contributed by atoms with Crippen LogP contribution in [0.1, 0.15) is 0 Å². The lowest BCUT2D eigenvalue weighted by Gasteiger charge is -1.96. The molecule has 1 aromatic rings. The number of hydrogen-bond donors (Lipinski definition) is 1. The maximum atomic E-state index is 9.89. The zero-order valence-electron chi connectivity index (χ0n) is 5.02. The number of benzene rings is 1. The van der Waals surface area contributed by atoms with Crippen molar-refractivity contribution in [2.45, 2.75) is 0 Å². The van der Waals surface area contributed by atoms with Gasteiger partial charge in [-0.2, -0.15) is 0 Å². The molecule has 0 atom stereocenters. The summed E-state index contributed by atoms with van der Waals surface area (Å²) in [5, 5.41) is 8.97. The monoisotopic (exact) mass is 156 g/mol. The molecular formula is C6H5O3P. The maximum absolute atomic E-state index is 9.89. The Balaban J connectivity index is 2.91. The molecule has 0 aliphatic heterocycles. The van der Waals surface area contributed by atoms with Crippen LogP contribution in [0.5, 0.6) is 11.5 Å². The van der Waals surface area contributed by atoms with Crippen LogP contribution in [0.25, 0.3) is 0 Å². The van der Waals surface area contributed by atoms with E-state index in [2.05, 4.69) is 4.52 Å². The largest absolute Gasteiger partial charge is 0.504 e. The van der Waals surface area contributed by atoms with Crippen LogP contribution < -0.4 is 4.52 Å². The smallest absolute Gasteiger partial charge is 0.395 e. The number of para-hydroxylation sites is 2. The van der Waals surface area contributed by atoms with Gasteiger partial charge in [-0.05, 0) is 12.1 Å². The molecule has 52 valence electrons. The Morgan fingerprint density at radius 2 is 2.10 bits per heavy atom. The zero-order valence-corrected chi connectivity index (χ0v) is 5.91. The van der Waals surface area contributed by atoms with Crippen LogP contribution in [0.4, 0.5) is 0 Å². The quantitative estimate of drug-likeness (QED) is 0.666. The van der Waals surface area contributed by atoms with Gasteiger partial charge in [0.2, 0.25) is 0 Å². The second-order valence-corrected chi connectivity index (χ2v) is 1.97. The molecular weight excluding hydrogens is 151 g/mol. The average molecular weight is 156 g/mol. The molecule has 0 amide bonds. The van der Waals surface area contributed by atoms with Crippen molar-refractivity contribution in [2.24, 2.45) is 0 Å². The molecule has 1 rings (SSSR count). The van der Waals surface area contributed by atoms with Crippen molar-refractivity contribution in [3.8, 4) is 11.5 Å². The van der Waals surface area contributed by atoms with E-state index in [-0.39, 0.29) is 11.5 Å². The van der Waals surface area contributed by atoms with E-state index in [1.54, 1.807) is 12.1 Å². The third-order valence-corrected chi connectivity index (χ3v) is 1.27. The highest BCUT2D eigenvalue weighted by Crippen LogP contribution is 2.26. The van der Waals surface area contributed by atoms with Crippen LogP contribution in [-0.2, 0) is 4.57 Å². The van der Waals surface area contributed by atoms with E-state index in [9.17, 15) is 4.57 Å². The molecule has 0 spiro atoms. The normalized spacial score (nSPS) is 9.60. The Hall–Kier alpha value is -1.08. The molecule has 4 heteroatoms. The van der Waals surface area contributed by atoms with Gasteiger partial charge in [-0.1, -0.05) is 12.1 Å². The molecule has 0 saturated carbocycles. The Morgan fingerprint density at radius 3 is 2.70 bits per heavy atom. The predicted molar refractivity (Wildman–Crippen MR) is 36.3 cm³/mol. The lowest BCUT2D eigenvalue weighted by molar-refractivity contribution is 0.441. The molecule has 0 aliphatic carbocycles. The molecule has 10 heavy (non-hydrogen) atoms. The highest BCUT2D eigenvalue weighted by molar-refractivity contribution is 7.17. The first kappa shape index (κ1) is 7.03. The molecule has 3 nitrogen and oxygen atoms in total. The van der Waals surface area contributed by atoms with Crippen molar-refractivity contribution in [1.82, 2.24) is 0 Å². The molecule has 1 aromatic carbocycles. The van der Waals surface area contributed by atoms with Crippen molar-refractivity contribution in [3.63, 3.8) is 0 Å². The lowest BCUT2D eigenvalue weighted by atomic mass is 10.3. The number of hydrogen-bond acceptors (Lipinski definition) is 3. The van der Waals surface area contributed by atoms with Crippen molar-refractivity contribution in [2.75, 3.05) is 0 Å². The minimum absolute atomic E-state index is 0.00847. The Morgan fingerprint density at radius 1 is 1.40 bits per heavy atom. The second kappa shape index (κ2) is 3.18. The number of aromatic hydroxyl groups is 1. The van der Waals surface area contributed by atoms with Gasteiger partial charge in [0.15, 0.2) is 11.5 Å². The SMILES string of the molecule is O=POc1ccccc1O. The number of phenolic OH excluding ortho intramolecular Hbond substituents is 1. The molecule has 0 bridgehead atoms. The minimum Gasteiger partial charge on any atom is -0.504 e. The van der Waals surface area contributed by atoms with E-state index in [4.69, 9.17) is 5.11 Å². The standard InChI is InChI=1S/C6H5O3P/c7-5-3-1-2-4-6(5)9-10-8/h1-4,7H. The fourth-order valence-corrected chi connectivity index (χ4v) is 0.809. The topological polar surface area (TPSA) is 46.5 Å². The minimum atomic E-state index is -0.460. The van der Waals surface area contributed by atoms with Crippen LogP contribution in [-0.4, -0.2) is 5.11 Å². The summed E-state index contributed by atoms with van der Waals surface area (Å²) in [6.07, 6.45) is 0. The van der Waals surface area contributed by atoms with Gasteiger partial charge in [-0.25, -0.2) is 4.57 Å².